The number of nitrogens with one attached hydrogen (secondary N) is 1. The number of para-hydroxylation sites is 1. The average molecular weight is 410 g/mol. The van der Waals surface area contributed by atoms with Gasteiger partial charge in [0.05, 0.1) is 5.69 Å². The fourth-order valence-electron chi connectivity index (χ4n) is 1.54. The molecule has 0 unspecified atom stereocenters. The maximum atomic E-state index is 6.13. The first-order chi connectivity index (χ1) is 8.59. The van der Waals surface area contributed by atoms with Gasteiger partial charge in [0.2, 0.25) is 0 Å². The molecule has 0 aliphatic rings. The van der Waals surface area contributed by atoms with E-state index in [-0.39, 0.29) is 0 Å². The molecule has 0 aliphatic carbocycles. The van der Waals surface area contributed by atoms with Crippen LogP contribution in [0.3, 0.4) is 0 Å². The fourth-order valence-corrected chi connectivity index (χ4v) is 3.35. The highest BCUT2D eigenvalue weighted by molar-refractivity contribution is 9.11. The van der Waals surface area contributed by atoms with Crippen LogP contribution in [0.1, 0.15) is 5.56 Å². The van der Waals surface area contributed by atoms with Gasteiger partial charge in [-0.05, 0) is 56.1 Å². The standard InChI is InChI=1S/C13H9Br2Cl2N/c14-9-3-1-4-10(15)13(9)18-7-8-11(16)5-2-6-12(8)17/h1-6,18H,7H2. The number of rotatable bonds is 3. The van der Waals surface area contributed by atoms with Crippen LogP contribution < -0.4 is 5.32 Å². The van der Waals surface area contributed by atoms with E-state index in [0.717, 1.165) is 20.2 Å². The van der Waals surface area contributed by atoms with E-state index in [4.69, 9.17) is 23.2 Å². The Bertz CT molecular complexity index is 481. The number of halogens is 4. The molecule has 2 aromatic carbocycles. The van der Waals surface area contributed by atoms with Crippen LogP contribution in [0, 0.1) is 0 Å². The zero-order valence-electron chi connectivity index (χ0n) is 9.18. The van der Waals surface area contributed by atoms with Gasteiger partial charge in [-0.25, -0.2) is 0 Å². The molecule has 0 amide bonds. The van der Waals surface area contributed by atoms with Gasteiger partial charge in [-0.3, -0.25) is 0 Å². The third-order valence-corrected chi connectivity index (χ3v) is 4.50. The number of hydrogen-bond acceptors (Lipinski definition) is 1. The monoisotopic (exact) mass is 407 g/mol. The number of hydrogen-bond donors (Lipinski definition) is 1. The predicted molar refractivity (Wildman–Crippen MR) is 85.6 cm³/mol. The van der Waals surface area contributed by atoms with Crippen molar-refractivity contribution in [3.63, 3.8) is 0 Å². The lowest BCUT2D eigenvalue weighted by molar-refractivity contribution is 1.14. The minimum absolute atomic E-state index is 0.569. The first kappa shape index (κ1) is 14.2. The first-order valence-corrected chi connectivity index (χ1v) is 7.54. The molecule has 0 aliphatic heterocycles. The second-order valence-electron chi connectivity index (χ2n) is 3.65. The van der Waals surface area contributed by atoms with Gasteiger partial charge in [-0.15, -0.1) is 0 Å². The molecule has 0 heterocycles. The topological polar surface area (TPSA) is 12.0 Å². The van der Waals surface area contributed by atoms with Crippen molar-refractivity contribution in [2.75, 3.05) is 5.32 Å². The van der Waals surface area contributed by atoms with E-state index >= 15 is 0 Å². The van der Waals surface area contributed by atoms with Crippen LogP contribution in [0.4, 0.5) is 5.69 Å². The van der Waals surface area contributed by atoms with Gasteiger partial charge in [0.15, 0.2) is 0 Å². The smallest absolute Gasteiger partial charge is 0.0631 e. The van der Waals surface area contributed by atoms with Crippen molar-refractivity contribution in [2.24, 2.45) is 0 Å². The summed E-state index contributed by atoms with van der Waals surface area (Å²) in [6, 6.07) is 11.4. The van der Waals surface area contributed by atoms with E-state index in [1.54, 1.807) is 0 Å². The molecule has 0 spiro atoms. The van der Waals surface area contributed by atoms with Gasteiger partial charge < -0.3 is 5.32 Å². The van der Waals surface area contributed by atoms with Gasteiger partial charge >= 0.3 is 0 Å². The van der Waals surface area contributed by atoms with Gasteiger partial charge in [-0.1, -0.05) is 35.3 Å². The largest absolute Gasteiger partial charge is 0.379 e. The third kappa shape index (κ3) is 3.21. The summed E-state index contributed by atoms with van der Waals surface area (Å²) in [6.45, 7) is 0.569. The molecule has 1 nitrogen and oxygen atoms in total. The lowest BCUT2D eigenvalue weighted by Crippen LogP contribution is -2.02. The highest BCUT2D eigenvalue weighted by Gasteiger charge is 2.08. The molecule has 0 bridgehead atoms. The number of benzene rings is 2. The molecule has 18 heavy (non-hydrogen) atoms. The molecule has 94 valence electrons. The van der Waals surface area contributed by atoms with Crippen LogP contribution in [0.5, 0.6) is 0 Å². The summed E-state index contributed by atoms with van der Waals surface area (Å²) in [7, 11) is 0. The van der Waals surface area contributed by atoms with Crippen LogP contribution in [-0.2, 0) is 6.54 Å². The second-order valence-corrected chi connectivity index (χ2v) is 6.17. The van der Waals surface area contributed by atoms with Crippen molar-refractivity contribution in [1.29, 1.82) is 0 Å². The Kier molecular flexibility index (Phi) is 4.96. The summed E-state index contributed by atoms with van der Waals surface area (Å²) in [5.74, 6) is 0. The van der Waals surface area contributed by atoms with Crippen molar-refractivity contribution >= 4 is 60.7 Å². The molecular weight excluding hydrogens is 401 g/mol. The lowest BCUT2D eigenvalue weighted by Gasteiger charge is -2.12. The second kappa shape index (κ2) is 6.29. The molecule has 0 radical (unpaired) electrons. The average Bonchev–Trinajstić information content (AvgIpc) is 2.31. The van der Waals surface area contributed by atoms with E-state index in [2.05, 4.69) is 37.2 Å². The molecular formula is C13H9Br2Cl2N. The minimum atomic E-state index is 0.569. The Hall–Kier alpha value is -0.220. The molecule has 2 aromatic rings. The Labute approximate surface area is 133 Å². The Morgan fingerprint density at radius 3 is 1.94 bits per heavy atom. The zero-order valence-corrected chi connectivity index (χ0v) is 13.9. The van der Waals surface area contributed by atoms with E-state index in [0.29, 0.717) is 16.6 Å². The molecule has 1 N–H and O–H groups in total. The summed E-state index contributed by atoms with van der Waals surface area (Å²) < 4.78 is 1.97. The molecule has 2 rings (SSSR count). The molecule has 5 heteroatoms. The van der Waals surface area contributed by atoms with Gasteiger partial charge in [0, 0.05) is 31.1 Å². The molecule has 0 fully saturated rings. The maximum absolute atomic E-state index is 6.13. The molecule has 0 atom stereocenters. The maximum Gasteiger partial charge on any atom is 0.0631 e. The Morgan fingerprint density at radius 1 is 0.889 bits per heavy atom. The quantitative estimate of drug-likeness (QED) is 0.642. The Morgan fingerprint density at radius 2 is 1.39 bits per heavy atom. The van der Waals surface area contributed by atoms with Crippen molar-refractivity contribution in [3.05, 3.63) is 61.0 Å². The zero-order chi connectivity index (χ0) is 13.1. The predicted octanol–water partition coefficient (Wildman–Crippen LogP) is 6.13. The van der Waals surface area contributed by atoms with Crippen LogP contribution >= 0.6 is 55.1 Å². The van der Waals surface area contributed by atoms with Crippen LogP contribution in [0.15, 0.2) is 45.3 Å². The lowest BCUT2D eigenvalue weighted by atomic mass is 10.2. The summed E-state index contributed by atoms with van der Waals surface area (Å²) >= 11 is 19.3. The number of anilines is 1. The van der Waals surface area contributed by atoms with Crippen molar-refractivity contribution in [3.8, 4) is 0 Å². The minimum Gasteiger partial charge on any atom is -0.379 e. The van der Waals surface area contributed by atoms with Gasteiger partial charge in [0.25, 0.3) is 0 Å². The van der Waals surface area contributed by atoms with Crippen LogP contribution in [0.2, 0.25) is 10.0 Å². The highest BCUT2D eigenvalue weighted by atomic mass is 79.9. The third-order valence-electron chi connectivity index (χ3n) is 2.47. The summed E-state index contributed by atoms with van der Waals surface area (Å²) in [4.78, 5) is 0. The summed E-state index contributed by atoms with van der Waals surface area (Å²) in [5.41, 5.74) is 1.87. The first-order valence-electron chi connectivity index (χ1n) is 5.20. The normalized spacial score (nSPS) is 10.4. The molecule has 0 saturated carbocycles. The van der Waals surface area contributed by atoms with Crippen molar-refractivity contribution < 1.29 is 0 Å². The van der Waals surface area contributed by atoms with Crippen LogP contribution in [0.25, 0.3) is 0 Å². The Balaban J connectivity index is 2.22. The highest BCUT2D eigenvalue weighted by Crippen LogP contribution is 2.32. The van der Waals surface area contributed by atoms with E-state index in [1.807, 2.05) is 36.4 Å². The van der Waals surface area contributed by atoms with Gasteiger partial charge in [-0.2, -0.15) is 0 Å². The van der Waals surface area contributed by atoms with Crippen molar-refractivity contribution in [2.45, 2.75) is 6.54 Å². The summed E-state index contributed by atoms with van der Waals surface area (Å²) in [5, 5.41) is 4.65. The van der Waals surface area contributed by atoms with E-state index in [1.165, 1.54) is 0 Å². The fraction of sp³-hybridized carbons (Fsp3) is 0.0769. The van der Waals surface area contributed by atoms with Crippen molar-refractivity contribution in [1.82, 2.24) is 0 Å². The SMILES string of the molecule is Clc1cccc(Cl)c1CNc1c(Br)cccc1Br. The van der Waals surface area contributed by atoms with E-state index in [9.17, 15) is 0 Å². The van der Waals surface area contributed by atoms with Crippen LogP contribution in [-0.4, -0.2) is 0 Å². The van der Waals surface area contributed by atoms with Gasteiger partial charge in [0.1, 0.15) is 0 Å². The summed E-state index contributed by atoms with van der Waals surface area (Å²) in [6.07, 6.45) is 0. The molecule has 0 aromatic heterocycles. The van der Waals surface area contributed by atoms with E-state index < -0.39 is 0 Å². The molecule has 0 saturated heterocycles.